The molecule has 24 heavy (non-hydrogen) atoms. The topological polar surface area (TPSA) is 92.3 Å². The van der Waals surface area contributed by atoms with E-state index in [0.717, 1.165) is 0 Å². The highest BCUT2D eigenvalue weighted by molar-refractivity contribution is 7.90. The Labute approximate surface area is 144 Å². The van der Waals surface area contributed by atoms with E-state index >= 15 is 0 Å². The van der Waals surface area contributed by atoms with Crippen LogP contribution in [0.15, 0.2) is 24.3 Å². The molecule has 0 aliphatic heterocycles. The molecular formula is C17H26N2O4S. The van der Waals surface area contributed by atoms with Gasteiger partial charge in [0, 0.05) is 24.2 Å². The number of hydrogen-bond acceptors (Lipinski definition) is 4. The summed E-state index contributed by atoms with van der Waals surface area (Å²) in [6, 6.07) is 6.70. The van der Waals surface area contributed by atoms with Crippen LogP contribution in [0.2, 0.25) is 0 Å². The molecule has 0 aliphatic carbocycles. The first-order chi connectivity index (χ1) is 11.0. The average molecular weight is 354 g/mol. The fourth-order valence-electron chi connectivity index (χ4n) is 1.85. The number of unbranched alkanes of at least 4 members (excludes halogenated alkanes) is 1. The first-order valence-corrected chi connectivity index (χ1v) is 9.41. The first kappa shape index (κ1) is 20.3. The molecule has 2 N–H and O–H groups in total. The minimum atomic E-state index is -3.34. The fraction of sp³-hybridized carbons (Fsp3) is 0.529. The Morgan fingerprint density at radius 1 is 1.04 bits per heavy atom. The van der Waals surface area contributed by atoms with Gasteiger partial charge in [-0.3, -0.25) is 9.59 Å². The summed E-state index contributed by atoms with van der Waals surface area (Å²) in [5.41, 5.74) is 1.23. The van der Waals surface area contributed by atoms with Crippen LogP contribution in [0.25, 0.3) is 0 Å². The zero-order valence-electron chi connectivity index (χ0n) is 14.7. The van der Waals surface area contributed by atoms with Gasteiger partial charge in [0.15, 0.2) is 5.78 Å². The summed E-state index contributed by atoms with van der Waals surface area (Å²) in [5, 5.41) is 2.75. The Morgan fingerprint density at radius 3 is 2.12 bits per heavy atom. The number of carbonyl (C=O) groups excluding carboxylic acids is 2. The first-order valence-electron chi connectivity index (χ1n) is 7.93. The van der Waals surface area contributed by atoms with Crippen molar-refractivity contribution in [1.82, 2.24) is 4.72 Å². The molecule has 0 unspecified atom stereocenters. The third kappa shape index (κ3) is 6.41. The number of sulfonamides is 1. The molecule has 1 amide bonds. The number of Topliss-reactive ketones (excluding diaryl/α,β-unsaturated/α-hetero) is 1. The molecule has 1 aromatic carbocycles. The molecule has 6 nitrogen and oxygen atoms in total. The monoisotopic (exact) mass is 354 g/mol. The molecule has 134 valence electrons. The van der Waals surface area contributed by atoms with Crippen LogP contribution < -0.4 is 10.0 Å². The van der Waals surface area contributed by atoms with E-state index < -0.39 is 14.8 Å². The maximum Gasteiger partial charge on any atom is 0.224 e. The Balaban J connectivity index is 2.31. The largest absolute Gasteiger partial charge is 0.326 e. The predicted molar refractivity (Wildman–Crippen MR) is 95.6 cm³/mol. The molecule has 0 radical (unpaired) electrons. The second kappa shape index (κ2) is 8.39. The average Bonchev–Trinajstić information content (AvgIpc) is 2.46. The summed E-state index contributed by atoms with van der Waals surface area (Å²) in [6.07, 6.45) is 1.49. The van der Waals surface area contributed by atoms with Crippen LogP contribution in [-0.4, -0.2) is 31.4 Å². The van der Waals surface area contributed by atoms with E-state index in [9.17, 15) is 18.0 Å². The number of ketones is 1. The van der Waals surface area contributed by atoms with E-state index in [1.807, 2.05) is 0 Å². The summed E-state index contributed by atoms with van der Waals surface area (Å²) in [7, 11) is -3.34. The van der Waals surface area contributed by atoms with Gasteiger partial charge >= 0.3 is 0 Å². The van der Waals surface area contributed by atoms with Gasteiger partial charge in [0.2, 0.25) is 15.9 Å². The SMILES string of the molecule is CC(=O)c1ccc(NC(=O)CCCCNS(=O)(=O)C(C)(C)C)cc1. The van der Waals surface area contributed by atoms with Crippen LogP contribution in [0.5, 0.6) is 0 Å². The Hall–Kier alpha value is -1.73. The van der Waals surface area contributed by atoms with E-state index in [1.165, 1.54) is 6.92 Å². The van der Waals surface area contributed by atoms with Crippen LogP contribution in [0, 0.1) is 0 Å². The molecule has 0 heterocycles. The van der Waals surface area contributed by atoms with Crippen molar-refractivity contribution in [3.63, 3.8) is 0 Å². The zero-order valence-corrected chi connectivity index (χ0v) is 15.5. The second-order valence-corrected chi connectivity index (χ2v) is 9.17. The molecule has 1 aromatic rings. The molecule has 0 bridgehead atoms. The van der Waals surface area contributed by atoms with E-state index in [1.54, 1.807) is 45.0 Å². The third-order valence-electron chi connectivity index (χ3n) is 3.50. The lowest BCUT2D eigenvalue weighted by molar-refractivity contribution is -0.116. The minimum absolute atomic E-state index is 0.0226. The number of rotatable bonds is 8. The Bertz CT molecular complexity index is 674. The van der Waals surface area contributed by atoms with Gasteiger partial charge in [-0.2, -0.15) is 0 Å². The maximum absolute atomic E-state index is 11.9. The minimum Gasteiger partial charge on any atom is -0.326 e. The number of carbonyl (C=O) groups is 2. The Morgan fingerprint density at radius 2 is 1.62 bits per heavy atom. The van der Waals surface area contributed by atoms with Gasteiger partial charge in [-0.1, -0.05) is 0 Å². The molecule has 0 saturated carbocycles. The van der Waals surface area contributed by atoms with Crippen LogP contribution >= 0.6 is 0 Å². The lowest BCUT2D eigenvalue weighted by Gasteiger charge is -2.19. The molecule has 0 aliphatic rings. The van der Waals surface area contributed by atoms with Crippen molar-refractivity contribution in [2.45, 2.75) is 51.7 Å². The van der Waals surface area contributed by atoms with E-state index in [4.69, 9.17) is 0 Å². The van der Waals surface area contributed by atoms with Crippen LogP contribution in [0.4, 0.5) is 5.69 Å². The van der Waals surface area contributed by atoms with E-state index in [2.05, 4.69) is 10.0 Å². The summed E-state index contributed by atoms with van der Waals surface area (Å²) in [6.45, 7) is 6.72. The van der Waals surface area contributed by atoms with Crippen molar-refractivity contribution in [1.29, 1.82) is 0 Å². The molecule has 7 heteroatoms. The molecule has 0 saturated heterocycles. The van der Waals surface area contributed by atoms with Crippen LogP contribution in [0.3, 0.4) is 0 Å². The Kier molecular flexibility index (Phi) is 7.10. The number of anilines is 1. The molecule has 0 atom stereocenters. The molecule has 1 rings (SSSR count). The fourth-order valence-corrected chi connectivity index (χ4v) is 2.69. The quantitative estimate of drug-likeness (QED) is 0.554. The number of hydrogen-bond donors (Lipinski definition) is 2. The van der Waals surface area contributed by atoms with E-state index in [0.29, 0.717) is 37.1 Å². The highest BCUT2D eigenvalue weighted by atomic mass is 32.2. The number of amides is 1. The second-order valence-electron chi connectivity index (χ2n) is 6.65. The smallest absolute Gasteiger partial charge is 0.224 e. The van der Waals surface area contributed by atoms with Crippen molar-refractivity contribution >= 4 is 27.4 Å². The zero-order chi connectivity index (χ0) is 18.4. The van der Waals surface area contributed by atoms with Crippen LogP contribution in [-0.2, 0) is 14.8 Å². The highest BCUT2D eigenvalue weighted by Gasteiger charge is 2.27. The summed E-state index contributed by atoms with van der Waals surface area (Å²) in [5.74, 6) is -0.158. The van der Waals surface area contributed by atoms with E-state index in [-0.39, 0.29) is 11.7 Å². The van der Waals surface area contributed by atoms with Crippen molar-refractivity contribution in [3.8, 4) is 0 Å². The lowest BCUT2D eigenvalue weighted by Crippen LogP contribution is -2.39. The van der Waals surface area contributed by atoms with Crippen molar-refractivity contribution in [3.05, 3.63) is 29.8 Å². The normalized spacial score (nSPS) is 12.0. The molecular weight excluding hydrogens is 328 g/mol. The lowest BCUT2D eigenvalue weighted by atomic mass is 10.1. The van der Waals surface area contributed by atoms with Gasteiger partial charge in [-0.25, -0.2) is 13.1 Å². The predicted octanol–water partition coefficient (Wildman–Crippen LogP) is 2.72. The summed E-state index contributed by atoms with van der Waals surface area (Å²) >= 11 is 0. The van der Waals surface area contributed by atoms with Crippen molar-refractivity contribution in [2.24, 2.45) is 0 Å². The summed E-state index contributed by atoms with van der Waals surface area (Å²) in [4.78, 5) is 23.0. The van der Waals surface area contributed by atoms with Crippen molar-refractivity contribution in [2.75, 3.05) is 11.9 Å². The maximum atomic E-state index is 11.9. The van der Waals surface area contributed by atoms with Gasteiger partial charge in [0.25, 0.3) is 0 Å². The van der Waals surface area contributed by atoms with Gasteiger partial charge in [-0.05, 0) is 64.8 Å². The standard InChI is InChI=1S/C17H26N2O4S/c1-13(20)14-8-10-15(11-9-14)19-16(21)7-5-6-12-18-24(22,23)17(2,3)4/h8-11,18H,5-7,12H2,1-4H3,(H,19,21). The number of nitrogens with one attached hydrogen (secondary N) is 2. The van der Waals surface area contributed by atoms with Crippen molar-refractivity contribution < 1.29 is 18.0 Å². The number of benzene rings is 1. The molecule has 0 aromatic heterocycles. The molecule has 0 spiro atoms. The van der Waals surface area contributed by atoms with Gasteiger partial charge in [0.05, 0.1) is 4.75 Å². The highest BCUT2D eigenvalue weighted by Crippen LogP contribution is 2.13. The summed E-state index contributed by atoms with van der Waals surface area (Å²) < 4.78 is 25.4. The van der Waals surface area contributed by atoms with Gasteiger partial charge in [0.1, 0.15) is 0 Å². The third-order valence-corrected chi connectivity index (χ3v) is 5.70. The van der Waals surface area contributed by atoms with Gasteiger partial charge in [-0.15, -0.1) is 0 Å². The van der Waals surface area contributed by atoms with Crippen LogP contribution in [0.1, 0.15) is 57.3 Å². The van der Waals surface area contributed by atoms with Gasteiger partial charge < -0.3 is 5.32 Å². The molecule has 0 fully saturated rings.